The van der Waals surface area contributed by atoms with Crippen LogP contribution in [-0.4, -0.2) is 101 Å². The molecule has 0 unspecified atom stereocenters. The third kappa shape index (κ3) is 9.67. The number of anilines is 2. The summed E-state index contributed by atoms with van der Waals surface area (Å²) in [5, 5.41) is 11.6. The maximum atomic E-state index is 13.2. The molecule has 0 spiro atoms. The smallest absolute Gasteiger partial charge is 0.268 e. The van der Waals surface area contributed by atoms with Gasteiger partial charge < -0.3 is 40.2 Å². The molecule has 2 aromatic heterocycles. The van der Waals surface area contributed by atoms with Gasteiger partial charge in [-0.3, -0.25) is 24.0 Å². The predicted molar refractivity (Wildman–Crippen MR) is 204 cm³/mol. The van der Waals surface area contributed by atoms with Gasteiger partial charge in [0.1, 0.15) is 11.4 Å². The summed E-state index contributed by atoms with van der Waals surface area (Å²) in [4.78, 5) is 69.4. The van der Waals surface area contributed by atoms with E-state index in [0.29, 0.717) is 58.1 Å². The molecule has 0 bridgehead atoms. The van der Waals surface area contributed by atoms with Crippen molar-refractivity contribution < 1.29 is 24.0 Å². The first-order chi connectivity index (χ1) is 25.6. The summed E-state index contributed by atoms with van der Waals surface area (Å²) in [5.74, 6) is -1.40. The quantitative estimate of drug-likeness (QED) is 0.143. The van der Waals surface area contributed by atoms with Crippen molar-refractivity contribution in [3.63, 3.8) is 0 Å². The third-order valence-corrected chi connectivity index (χ3v) is 9.88. The molecule has 2 fully saturated rings. The minimum absolute atomic E-state index is 0.198. The average Bonchev–Trinajstić information content (AvgIpc) is 3.92. The number of nitrogens with zero attached hydrogens (tertiary/aromatic N) is 4. The maximum absolute atomic E-state index is 13.2. The van der Waals surface area contributed by atoms with Crippen LogP contribution in [0.2, 0.25) is 0 Å². The van der Waals surface area contributed by atoms with Gasteiger partial charge in [0, 0.05) is 74.9 Å². The van der Waals surface area contributed by atoms with Crippen molar-refractivity contribution in [2.45, 2.75) is 32.1 Å². The topological polar surface area (TPSA) is 150 Å². The van der Waals surface area contributed by atoms with E-state index in [1.807, 2.05) is 0 Å². The number of piperidine rings is 1. The van der Waals surface area contributed by atoms with Gasteiger partial charge in [0.25, 0.3) is 23.6 Å². The highest BCUT2D eigenvalue weighted by Gasteiger charge is 2.18. The van der Waals surface area contributed by atoms with E-state index < -0.39 is 0 Å². The summed E-state index contributed by atoms with van der Waals surface area (Å²) in [7, 11) is 3.51. The van der Waals surface area contributed by atoms with E-state index >= 15 is 0 Å². The Morgan fingerprint density at radius 1 is 0.509 bits per heavy atom. The Kier molecular flexibility index (Phi) is 12.2. The van der Waals surface area contributed by atoms with Gasteiger partial charge in [-0.2, -0.15) is 0 Å². The number of hydrogen-bond donors (Lipinski definition) is 4. The van der Waals surface area contributed by atoms with Gasteiger partial charge >= 0.3 is 0 Å². The molecule has 4 amide bonds. The van der Waals surface area contributed by atoms with Crippen LogP contribution >= 0.6 is 0 Å². The van der Waals surface area contributed by atoms with Crippen LogP contribution in [-0.2, 0) is 14.1 Å². The number of amides is 4. The Balaban J connectivity index is 0.979. The lowest BCUT2D eigenvalue weighted by molar-refractivity contribution is 0.0931. The number of hydrogen-bond acceptors (Lipinski definition) is 7. The number of nitrogens with one attached hydrogen (secondary N) is 4. The molecule has 0 atom stereocenters. The van der Waals surface area contributed by atoms with Gasteiger partial charge in [0.05, 0.1) is 11.4 Å². The Labute approximate surface area is 309 Å². The number of benzene rings is 2. The minimum atomic E-state index is -0.370. The lowest BCUT2D eigenvalue weighted by Crippen LogP contribution is -2.38. The summed E-state index contributed by atoms with van der Waals surface area (Å²) in [5.41, 5.74) is 3.35. The molecule has 0 aliphatic carbocycles. The average molecular weight is 721 g/mol. The van der Waals surface area contributed by atoms with E-state index in [2.05, 4.69) is 31.1 Å². The molecule has 0 saturated carbocycles. The van der Waals surface area contributed by atoms with E-state index in [1.165, 1.54) is 32.1 Å². The van der Waals surface area contributed by atoms with Crippen LogP contribution in [0.5, 0.6) is 0 Å². The molecular formula is C40H48N8O5. The van der Waals surface area contributed by atoms with Gasteiger partial charge in [-0.25, -0.2) is 0 Å². The SMILES string of the molecule is Cn1cc(NC(=O)c2ccc(C(=O)c3ccc(C(=O)Nc4cc(C(=O)NCCN5CCCC5)n(C)c4)cc3)cc2)cc1C(=O)NCCN1CCCCC1. The molecule has 4 heterocycles. The molecule has 0 radical (unpaired) electrons. The second-order valence-electron chi connectivity index (χ2n) is 13.8. The zero-order chi connectivity index (χ0) is 37.3. The van der Waals surface area contributed by atoms with Crippen molar-refractivity contribution in [3.8, 4) is 0 Å². The largest absolute Gasteiger partial charge is 0.349 e. The molecule has 53 heavy (non-hydrogen) atoms. The molecule has 4 aromatic rings. The maximum Gasteiger partial charge on any atom is 0.268 e. The predicted octanol–water partition coefficient (Wildman–Crippen LogP) is 4.14. The van der Waals surface area contributed by atoms with Gasteiger partial charge in [-0.05, 0) is 88.3 Å². The first-order valence-corrected chi connectivity index (χ1v) is 18.4. The van der Waals surface area contributed by atoms with Gasteiger partial charge in [-0.1, -0.05) is 30.7 Å². The molecule has 2 saturated heterocycles. The number of carbonyl (C=O) groups excluding carboxylic acids is 5. The van der Waals surface area contributed by atoms with E-state index in [-0.39, 0.29) is 29.4 Å². The highest BCUT2D eigenvalue weighted by Crippen LogP contribution is 2.18. The normalized spacial score (nSPS) is 14.8. The minimum Gasteiger partial charge on any atom is -0.349 e. The Hall–Kier alpha value is -5.53. The highest BCUT2D eigenvalue weighted by atomic mass is 16.2. The van der Waals surface area contributed by atoms with Crippen LogP contribution in [0.4, 0.5) is 11.4 Å². The Morgan fingerprint density at radius 3 is 1.26 bits per heavy atom. The fourth-order valence-corrected chi connectivity index (χ4v) is 6.86. The molecule has 2 aliphatic rings. The van der Waals surface area contributed by atoms with E-state index in [1.54, 1.807) is 96.3 Å². The summed E-state index contributed by atoms with van der Waals surface area (Å²) in [6.07, 6.45) is 9.43. The fourth-order valence-electron chi connectivity index (χ4n) is 6.86. The van der Waals surface area contributed by atoms with Gasteiger partial charge in [0.2, 0.25) is 0 Å². The van der Waals surface area contributed by atoms with E-state index in [9.17, 15) is 24.0 Å². The Morgan fingerprint density at radius 2 is 0.868 bits per heavy atom. The number of aromatic nitrogens is 2. The number of carbonyl (C=O) groups is 5. The van der Waals surface area contributed by atoms with Crippen LogP contribution in [0.3, 0.4) is 0 Å². The monoisotopic (exact) mass is 720 g/mol. The third-order valence-electron chi connectivity index (χ3n) is 9.88. The zero-order valence-electron chi connectivity index (χ0n) is 30.5. The molecule has 13 nitrogen and oxygen atoms in total. The highest BCUT2D eigenvalue weighted by molar-refractivity contribution is 6.11. The summed E-state index contributed by atoms with van der Waals surface area (Å²) >= 11 is 0. The Bertz CT molecular complexity index is 1930. The summed E-state index contributed by atoms with van der Waals surface area (Å²) < 4.78 is 3.35. The first-order valence-electron chi connectivity index (χ1n) is 18.4. The van der Waals surface area contributed by atoms with Crippen molar-refractivity contribution >= 4 is 40.8 Å². The molecular weight excluding hydrogens is 672 g/mol. The van der Waals surface area contributed by atoms with Crippen molar-refractivity contribution in [1.82, 2.24) is 29.6 Å². The molecule has 6 rings (SSSR count). The van der Waals surface area contributed by atoms with Crippen molar-refractivity contribution in [2.75, 3.05) is 63.0 Å². The standard InChI is InChI=1S/C40H48N8O5/c1-45-26-32(24-34(45)39(52)41-16-22-47-18-4-3-5-19-47)43-37(50)30-12-8-28(9-13-30)36(49)29-10-14-31(15-11-29)38(51)44-33-25-35(46(2)27-33)40(53)42-17-23-48-20-6-7-21-48/h8-15,24-27H,3-7,16-23H2,1-2H3,(H,41,52)(H,42,53)(H,43,50)(H,44,51). The number of likely N-dealkylation sites (tertiary alicyclic amines) is 2. The van der Waals surface area contributed by atoms with Crippen LogP contribution in [0.15, 0.2) is 73.1 Å². The zero-order valence-corrected chi connectivity index (χ0v) is 30.5. The molecule has 2 aromatic carbocycles. The van der Waals surface area contributed by atoms with Crippen molar-refractivity contribution in [2.24, 2.45) is 14.1 Å². The van der Waals surface area contributed by atoms with Crippen molar-refractivity contribution in [3.05, 3.63) is 107 Å². The molecule has 13 heteroatoms. The van der Waals surface area contributed by atoms with E-state index in [0.717, 1.165) is 39.3 Å². The van der Waals surface area contributed by atoms with Crippen LogP contribution < -0.4 is 21.3 Å². The fraction of sp³-hybridized carbons (Fsp3) is 0.375. The molecule has 2 aliphatic heterocycles. The number of ketones is 1. The number of aryl methyl sites for hydroxylation is 2. The summed E-state index contributed by atoms with van der Waals surface area (Å²) in [6.45, 7) is 7.03. The van der Waals surface area contributed by atoms with Crippen molar-refractivity contribution in [1.29, 1.82) is 0 Å². The lowest BCUT2D eigenvalue weighted by Gasteiger charge is -2.26. The van der Waals surface area contributed by atoms with Crippen LogP contribution in [0, 0.1) is 0 Å². The van der Waals surface area contributed by atoms with Crippen LogP contribution in [0.1, 0.15) is 89.7 Å². The van der Waals surface area contributed by atoms with E-state index in [4.69, 9.17) is 0 Å². The van der Waals surface area contributed by atoms with Gasteiger partial charge in [0.15, 0.2) is 5.78 Å². The first kappa shape index (κ1) is 37.2. The second-order valence-corrected chi connectivity index (χ2v) is 13.8. The number of rotatable bonds is 14. The molecule has 4 N–H and O–H groups in total. The lowest BCUT2D eigenvalue weighted by atomic mass is 10.0. The molecule has 278 valence electrons. The summed E-state index contributed by atoms with van der Waals surface area (Å²) in [6, 6.07) is 15.9. The second kappa shape index (κ2) is 17.3. The van der Waals surface area contributed by atoms with Gasteiger partial charge in [-0.15, -0.1) is 0 Å². The van der Waals surface area contributed by atoms with Crippen LogP contribution in [0.25, 0.3) is 0 Å².